The average Bonchev–Trinajstić information content (AvgIpc) is 2.88. The minimum atomic E-state index is -4.44. The number of hydrogen-bond donors (Lipinski definition) is 2. The predicted octanol–water partition coefficient (Wildman–Crippen LogP) is 1.86. The zero-order valence-electron chi connectivity index (χ0n) is 12.8. The van der Waals surface area contributed by atoms with E-state index in [4.69, 9.17) is 4.42 Å². The lowest BCUT2D eigenvalue weighted by molar-refractivity contribution is -0.157. The van der Waals surface area contributed by atoms with Crippen molar-refractivity contribution in [3.8, 4) is 0 Å². The highest BCUT2D eigenvalue weighted by atomic mass is 19.4. The number of nitrogens with one attached hydrogen (secondary N) is 2. The normalized spacial score (nSPS) is 18.4. The molecule has 1 aromatic rings. The fourth-order valence-corrected chi connectivity index (χ4v) is 2.51. The van der Waals surface area contributed by atoms with Gasteiger partial charge in [0.1, 0.15) is 18.1 Å². The van der Waals surface area contributed by atoms with E-state index in [1.165, 1.54) is 0 Å². The molecule has 1 aromatic heterocycles. The first-order valence-electron chi connectivity index (χ1n) is 7.09. The predicted molar refractivity (Wildman–Crippen MR) is 74.6 cm³/mol. The van der Waals surface area contributed by atoms with Crippen molar-refractivity contribution in [1.82, 2.24) is 15.5 Å². The van der Waals surface area contributed by atoms with Crippen molar-refractivity contribution in [2.75, 3.05) is 13.1 Å². The molecule has 0 bridgehead atoms. The zero-order valence-corrected chi connectivity index (χ0v) is 12.8. The van der Waals surface area contributed by atoms with Crippen molar-refractivity contribution < 1.29 is 27.2 Å². The van der Waals surface area contributed by atoms with E-state index in [2.05, 4.69) is 10.6 Å². The Morgan fingerprint density at radius 2 is 2.13 bits per heavy atom. The molecule has 128 valence electrons. The number of carbonyl (C=O) groups excluding carboxylic acids is 2. The molecule has 2 N–H and O–H groups in total. The van der Waals surface area contributed by atoms with E-state index in [-0.39, 0.29) is 19.5 Å². The number of aryl methyl sites for hydroxylation is 2. The molecule has 6 nitrogen and oxygen atoms in total. The first-order chi connectivity index (χ1) is 10.6. The van der Waals surface area contributed by atoms with Crippen molar-refractivity contribution in [1.29, 1.82) is 0 Å². The van der Waals surface area contributed by atoms with Crippen LogP contribution in [0.1, 0.15) is 23.5 Å². The molecule has 2 heterocycles. The van der Waals surface area contributed by atoms with Crippen molar-refractivity contribution in [2.24, 2.45) is 0 Å². The third-order valence-corrected chi connectivity index (χ3v) is 3.50. The maximum Gasteiger partial charge on any atom is 0.406 e. The molecule has 1 atom stereocenters. The van der Waals surface area contributed by atoms with Gasteiger partial charge in [-0.25, -0.2) is 4.79 Å². The summed E-state index contributed by atoms with van der Waals surface area (Å²) in [5, 5.41) is 5.11. The summed E-state index contributed by atoms with van der Waals surface area (Å²) in [6.07, 6.45) is -4.57. The molecular formula is C14H18F3N3O3. The molecule has 2 rings (SSSR count). The number of carbonyl (C=O) groups is 2. The number of hydrogen-bond acceptors (Lipinski definition) is 3. The van der Waals surface area contributed by atoms with E-state index in [9.17, 15) is 22.8 Å². The molecule has 9 heteroatoms. The third kappa shape index (κ3) is 4.90. The van der Waals surface area contributed by atoms with Crippen LogP contribution in [-0.2, 0) is 11.3 Å². The van der Waals surface area contributed by atoms with Crippen molar-refractivity contribution in [2.45, 2.75) is 39.0 Å². The Morgan fingerprint density at radius 1 is 1.43 bits per heavy atom. The smallest absolute Gasteiger partial charge is 0.406 e. The quantitative estimate of drug-likeness (QED) is 0.883. The Balaban J connectivity index is 1.80. The number of alkyl halides is 3. The summed E-state index contributed by atoms with van der Waals surface area (Å²) >= 11 is 0. The summed E-state index contributed by atoms with van der Waals surface area (Å²) in [7, 11) is 0. The highest BCUT2D eigenvalue weighted by molar-refractivity contribution is 5.81. The molecule has 0 aliphatic carbocycles. The van der Waals surface area contributed by atoms with Gasteiger partial charge in [-0.3, -0.25) is 4.79 Å². The van der Waals surface area contributed by atoms with Crippen LogP contribution < -0.4 is 10.6 Å². The molecule has 0 saturated carbocycles. The SMILES string of the molecule is Cc1cc(CNC(=O)N[C@@H]2CC(=O)N(CC(F)(F)F)C2)c(C)o1. The van der Waals surface area contributed by atoms with Gasteiger partial charge in [0.05, 0.1) is 6.04 Å². The van der Waals surface area contributed by atoms with Gasteiger partial charge >= 0.3 is 12.2 Å². The van der Waals surface area contributed by atoms with Crippen molar-refractivity contribution >= 4 is 11.9 Å². The Hall–Kier alpha value is -2.19. The lowest BCUT2D eigenvalue weighted by atomic mass is 10.2. The van der Waals surface area contributed by atoms with Gasteiger partial charge in [-0.2, -0.15) is 13.2 Å². The Bertz CT molecular complexity index is 598. The van der Waals surface area contributed by atoms with Crippen LogP contribution >= 0.6 is 0 Å². The monoisotopic (exact) mass is 333 g/mol. The first-order valence-corrected chi connectivity index (χ1v) is 7.09. The summed E-state index contributed by atoms with van der Waals surface area (Å²) in [5.74, 6) is 0.799. The van der Waals surface area contributed by atoms with Crippen LogP contribution in [0, 0.1) is 13.8 Å². The standard InChI is InChI=1S/C14H18F3N3O3/c1-8-3-10(9(2)23-8)5-18-13(22)19-11-4-12(21)20(6-11)7-14(15,16)17/h3,11H,4-7H2,1-2H3,(H2,18,19,22)/t11-/m1/s1. The van der Waals surface area contributed by atoms with Crippen molar-refractivity contribution in [3.63, 3.8) is 0 Å². The van der Waals surface area contributed by atoms with Crippen LogP contribution in [0.25, 0.3) is 0 Å². The molecule has 1 aliphatic rings. The minimum Gasteiger partial charge on any atom is -0.466 e. The van der Waals surface area contributed by atoms with Crippen molar-refractivity contribution in [3.05, 3.63) is 23.2 Å². The number of nitrogens with zero attached hydrogens (tertiary/aromatic N) is 1. The van der Waals surface area contributed by atoms with Gasteiger partial charge in [-0.1, -0.05) is 0 Å². The average molecular weight is 333 g/mol. The van der Waals surface area contributed by atoms with Gasteiger partial charge in [-0.05, 0) is 19.9 Å². The van der Waals surface area contributed by atoms with Gasteiger partial charge < -0.3 is 20.0 Å². The van der Waals surface area contributed by atoms with E-state index in [0.29, 0.717) is 10.7 Å². The molecule has 0 radical (unpaired) electrons. The molecule has 0 unspecified atom stereocenters. The molecule has 1 aliphatic heterocycles. The maximum absolute atomic E-state index is 12.3. The van der Waals surface area contributed by atoms with Gasteiger partial charge in [0.15, 0.2) is 0 Å². The highest BCUT2D eigenvalue weighted by Crippen LogP contribution is 2.20. The fourth-order valence-electron chi connectivity index (χ4n) is 2.51. The van der Waals surface area contributed by atoms with E-state index in [0.717, 1.165) is 11.3 Å². The molecule has 0 aromatic carbocycles. The molecular weight excluding hydrogens is 315 g/mol. The number of rotatable bonds is 4. The second-order valence-electron chi connectivity index (χ2n) is 5.56. The minimum absolute atomic E-state index is 0.132. The largest absolute Gasteiger partial charge is 0.466 e. The number of halogens is 3. The molecule has 3 amide bonds. The van der Waals surface area contributed by atoms with E-state index >= 15 is 0 Å². The lowest BCUT2D eigenvalue weighted by Gasteiger charge is -2.18. The second-order valence-corrected chi connectivity index (χ2v) is 5.56. The number of likely N-dealkylation sites (tertiary alicyclic amines) is 1. The third-order valence-electron chi connectivity index (χ3n) is 3.50. The summed E-state index contributed by atoms with van der Waals surface area (Å²) in [5.41, 5.74) is 0.818. The van der Waals surface area contributed by atoms with Gasteiger partial charge in [0.25, 0.3) is 0 Å². The molecule has 0 spiro atoms. The topological polar surface area (TPSA) is 74.6 Å². The Morgan fingerprint density at radius 3 is 2.70 bits per heavy atom. The summed E-state index contributed by atoms with van der Waals surface area (Å²) < 4.78 is 42.3. The van der Waals surface area contributed by atoms with Crippen LogP contribution in [0.4, 0.5) is 18.0 Å². The Labute approximate surface area is 131 Å². The van der Waals surface area contributed by atoms with Crippen LogP contribution in [0.5, 0.6) is 0 Å². The van der Waals surface area contributed by atoms with Gasteiger partial charge in [-0.15, -0.1) is 0 Å². The van der Waals surface area contributed by atoms with Crippen LogP contribution in [-0.4, -0.2) is 42.1 Å². The molecule has 1 fully saturated rings. The molecule has 1 saturated heterocycles. The summed E-state index contributed by atoms with van der Waals surface area (Å²) in [4.78, 5) is 24.0. The van der Waals surface area contributed by atoms with Gasteiger partial charge in [0.2, 0.25) is 5.91 Å². The lowest BCUT2D eigenvalue weighted by Crippen LogP contribution is -2.43. The van der Waals surface area contributed by atoms with Crippen LogP contribution in [0.3, 0.4) is 0 Å². The van der Waals surface area contributed by atoms with Crippen LogP contribution in [0.15, 0.2) is 10.5 Å². The van der Waals surface area contributed by atoms with Crippen LogP contribution in [0.2, 0.25) is 0 Å². The zero-order chi connectivity index (χ0) is 17.2. The number of furan rings is 1. The number of amides is 3. The van der Waals surface area contributed by atoms with E-state index in [1.54, 1.807) is 19.9 Å². The van der Waals surface area contributed by atoms with E-state index in [1.807, 2.05) is 0 Å². The Kier molecular flexibility index (Phi) is 4.86. The summed E-state index contributed by atoms with van der Waals surface area (Å²) in [6, 6.07) is 0.631. The van der Waals surface area contributed by atoms with E-state index < -0.39 is 30.7 Å². The highest BCUT2D eigenvalue weighted by Gasteiger charge is 2.38. The number of urea groups is 1. The summed E-state index contributed by atoms with van der Waals surface area (Å²) in [6.45, 7) is 2.36. The van der Waals surface area contributed by atoms with Gasteiger partial charge in [0, 0.05) is 25.1 Å². The molecule has 23 heavy (non-hydrogen) atoms. The maximum atomic E-state index is 12.3. The first kappa shape index (κ1) is 17.2. The second kappa shape index (κ2) is 6.51. The fraction of sp³-hybridized carbons (Fsp3) is 0.571.